The molecule has 0 atom stereocenters. The van der Waals surface area contributed by atoms with Gasteiger partial charge in [-0.25, -0.2) is 4.99 Å². The predicted octanol–water partition coefficient (Wildman–Crippen LogP) is 1.48. The minimum Gasteiger partial charge on any atom is -0.496 e. The number of hydrogen-bond donors (Lipinski definition) is 1. The summed E-state index contributed by atoms with van der Waals surface area (Å²) in [6, 6.07) is 3.64. The SMILES string of the molecule is COc1cc(OC)c(OC)cc1CN=C(N)N1CCOCC1.I. The Hall–Kier alpha value is -1.42. The maximum Gasteiger partial charge on any atom is 0.191 e. The molecule has 1 aromatic carbocycles. The molecule has 23 heavy (non-hydrogen) atoms. The van der Waals surface area contributed by atoms with Gasteiger partial charge in [0.05, 0.1) is 41.1 Å². The second-order valence-corrected chi connectivity index (χ2v) is 4.79. The van der Waals surface area contributed by atoms with Crippen LogP contribution in [0.4, 0.5) is 0 Å². The first kappa shape index (κ1) is 19.6. The summed E-state index contributed by atoms with van der Waals surface area (Å²) in [6.07, 6.45) is 0. The number of morpholine rings is 1. The molecule has 0 radical (unpaired) electrons. The van der Waals surface area contributed by atoms with Crippen LogP contribution in [0.25, 0.3) is 0 Å². The molecule has 1 aromatic rings. The molecule has 1 heterocycles. The average molecular weight is 437 g/mol. The summed E-state index contributed by atoms with van der Waals surface area (Å²) in [4.78, 5) is 6.46. The van der Waals surface area contributed by atoms with Crippen molar-refractivity contribution in [1.29, 1.82) is 0 Å². The molecule has 0 aliphatic carbocycles. The van der Waals surface area contributed by atoms with Gasteiger partial charge in [0.15, 0.2) is 17.5 Å². The number of methoxy groups -OCH3 is 3. The van der Waals surface area contributed by atoms with Gasteiger partial charge in [-0.2, -0.15) is 0 Å². The number of halogens is 1. The second-order valence-electron chi connectivity index (χ2n) is 4.79. The lowest BCUT2D eigenvalue weighted by Gasteiger charge is -2.27. The topological polar surface area (TPSA) is 78.5 Å². The zero-order valence-electron chi connectivity index (χ0n) is 13.7. The Kier molecular flexibility index (Phi) is 8.24. The van der Waals surface area contributed by atoms with E-state index in [2.05, 4.69) is 4.99 Å². The minimum absolute atomic E-state index is 0. The lowest BCUT2D eigenvalue weighted by atomic mass is 10.1. The van der Waals surface area contributed by atoms with Crippen molar-refractivity contribution in [2.24, 2.45) is 10.7 Å². The Morgan fingerprint density at radius 3 is 2.22 bits per heavy atom. The maximum absolute atomic E-state index is 6.04. The highest BCUT2D eigenvalue weighted by molar-refractivity contribution is 14.0. The Morgan fingerprint density at radius 1 is 1.09 bits per heavy atom. The summed E-state index contributed by atoms with van der Waals surface area (Å²) in [7, 11) is 4.80. The summed E-state index contributed by atoms with van der Waals surface area (Å²) in [6.45, 7) is 3.29. The molecule has 7 nitrogen and oxygen atoms in total. The Morgan fingerprint density at radius 2 is 1.65 bits per heavy atom. The molecule has 130 valence electrons. The number of benzene rings is 1. The van der Waals surface area contributed by atoms with Crippen molar-refractivity contribution in [3.05, 3.63) is 17.7 Å². The summed E-state index contributed by atoms with van der Waals surface area (Å²) in [5.74, 6) is 2.46. The molecule has 2 N–H and O–H groups in total. The van der Waals surface area contributed by atoms with E-state index in [4.69, 9.17) is 24.7 Å². The summed E-state index contributed by atoms with van der Waals surface area (Å²) >= 11 is 0. The van der Waals surface area contributed by atoms with E-state index < -0.39 is 0 Å². The molecule has 0 amide bonds. The third kappa shape index (κ3) is 5.03. The molecule has 0 aromatic heterocycles. The third-order valence-electron chi connectivity index (χ3n) is 3.53. The van der Waals surface area contributed by atoms with Gasteiger partial charge in [0, 0.05) is 24.7 Å². The van der Waals surface area contributed by atoms with Crippen LogP contribution >= 0.6 is 24.0 Å². The Labute approximate surface area is 153 Å². The zero-order valence-corrected chi connectivity index (χ0v) is 16.0. The number of hydrogen-bond acceptors (Lipinski definition) is 5. The van der Waals surface area contributed by atoms with E-state index in [1.54, 1.807) is 27.4 Å². The van der Waals surface area contributed by atoms with Crippen LogP contribution in [0.5, 0.6) is 17.2 Å². The first-order valence-corrected chi connectivity index (χ1v) is 7.11. The first-order chi connectivity index (χ1) is 10.7. The van der Waals surface area contributed by atoms with Gasteiger partial charge in [-0.1, -0.05) is 0 Å². The number of aliphatic imine (C=N–C) groups is 1. The highest BCUT2D eigenvalue weighted by atomic mass is 127. The highest BCUT2D eigenvalue weighted by Crippen LogP contribution is 2.34. The fraction of sp³-hybridized carbons (Fsp3) is 0.533. The lowest BCUT2D eigenvalue weighted by Crippen LogP contribution is -2.44. The normalized spacial score (nSPS) is 14.9. The van der Waals surface area contributed by atoms with E-state index in [1.807, 2.05) is 11.0 Å². The Balaban J connectivity index is 0.00000264. The molecule has 0 spiro atoms. The predicted molar refractivity (Wildman–Crippen MR) is 99.2 cm³/mol. The minimum atomic E-state index is 0. The number of ether oxygens (including phenoxy) is 4. The van der Waals surface area contributed by atoms with E-state index >= 15 is 0 Å². The fourth-order valence-corrected chi connectivity index (χ4v) is 2.27. The molecular formula is C15H24IN3O4. The van der Waals surface area contributed by atoms with E-state index in [1.165, 1.54) is 0 Å². The fourth-order valence-electron chi connectivity index (χ4n) is 2.27. The number of guanidine groups is 1. The van der Waals surface area contributed by atoms with Crippen LogP contribution in [0.3, 0.4) is 0 Å². The van der Waals surface area contributed by atoms with Crippen molar-refractivity contribution < 1.29 is 18.9 Å². The molecule has 0 unspecified atom stereocenters. The van der Waals surface area contributed by atoms with Crippen LogP contribution < -0.4 is 19.9 Å². The van der Waals surface area contributed by atoms with Gasteiger partial charge >= 0.3 is 0 Å². The van der Waals surface area contributed by atoms with Crippen LogP contribution in [0, 0.1) is 0 Å². The summed E-state index contributed by atoms with van der Waals surface area (Å²) < 4.78 is 21.3. The van der Waals surface area contributed by atoms with Gasteiger partial charge in [0.2, 0.25) is 0 Å². The zero-order chi connectivity index (χ0) is 15.9. The van der Waals surface area contributed by atoms with Crippen molar-refractivity contribution in [2.45, 2.75) is 6.54 Å². The molecule has 2 rings (SSSR count). The van der Waals surface area contributed by atoms with Gasteiger partial charge in [-0.05, 0) is 6.07 Å². The van der Waals surface area contributed by atoms with Gasteiger partial charge < -0.3 is 29.6 Å². The van der Waals surface area contributed by atoms with Crippen LogP contribution in [0.1, 0.15) is 5.56 Å². The van der Waals surface area contributed by atoms with Crippen molar-refractivity contribution in [1.82, 2.24) is 4.90 Å². The molecule has 1 aliphatic rings. The highest BCUT2D eigenvalue weighted by Gasteiger charge is 2.14. The Bertz CT molecular complexity index is 534. The summed E-state index contributed by atoms with van der Waals surface area (Å²) in [5.41, 5.74) is 6.92. The van der Waals surface area contributed by atoms with Crippen molar-refractivity contribution in [3.63, 3.8) is 0 Å². The van der Waals surface area contributed by atoms with Gasteiger partial charge in [0.1, 0.15) is 5.75 Å². The van der Waals surface area contributed by atoms with E-state index in [9.17, 15) is 0 Å². The number of nitrogens with two attached hydrogens (primary N) is 1. The molecule has 1 aliphatic heterocycles. The van der Waals surface area contributed by atoms with E-state index in [-0.39, 0.29) is 24.0 Å². The number of rotatable bonds is 5. The molecule has 0 bridgehead atoms. The molecule has 8 heteroatoms. The lowest BCUT2D eigenvalue weighted by molar-refractivity contribution is 0.0674. The van der Waals surface area contributed by atoms with Crippen molar-refractivity contribution in [2.75, 3.05) is 47.6 Å². The van der Waals surface area contributed by atoms with Gasteiger partial charge in [-0.15, -0.1) is 24.0 Å². The quantitative estimate of drug-likeness (QED) is 0.427. The van der Waals surface area contributed by atoms with Crippen LogP contribution in [0.15, 0.2) is 17.1 Å². The standard InChI is InChI=1S/C15H23N3O4.HI/c1-19-12-9-14(21-3)13(20-2)8-11(12)10-17-15(16)18-4-6-22-7-5-18;/h8-9H,4-7,10H2,1-3H3,(H2,16,17);1H. The van der Waals surface area contributed by atoms with Crippen molar-refractivity contribution >= 4 is 29.9 Å². The molecular weight excluding hydrogens is 413 g/mol. The number of nitrogens with zero attached hydrogens (tertiary/aromatic N) is 2. The summed E-state index contributed by atoms with van der Waals surface area (Å²) in [5, 5.41) is 0. The van der Waals surface area contributed by atoms with Crippen LogP contribution in [0.2, 0.25) is 0 Å². The van der Waals surface area contributed by atoms with Crippen LogP contribution in [-0.4, -0.2) is 58.5 Å². The third-order valence-corrected chi connectivity index (χ3v) is 3.53. The average Bonchev–Trinajstić information content (AvgIpc) is 2.59. The second kappa shape index (κ2) is 9.66. The maximum atomic E-state index is 6.04. The van der Waals surface area contributed by atoms with Gasteiger partial charge in [0.25, 0.3) is 0 Å². The van der Waals surface area contributed by atoms with Gasteiger partial charge in [-0.3, -0.25) is 0 Å². The molecule has 0 saturated carbocycles. The largest absolute Gasteiger partial charge is 0.496 e. The molecule has 1 fully saturated rings. The molecule has 1 saturated heterocycles. The van der Waals surface area contributed by atoms with E-state index in [0.717, 1.165) is 18.7 Å². The monoisotopic (exact) mass is 437 g/mol. The smallest absolute Gasteiger partial charge is 0.191 e. The van der Waals surface area contributed by atoms with Crippen molar-refractivity contribution in [3.8, 4) is 17.2 Å². The first-order valence-electron chi connectivity index (χ1n) is 7.11. The van der Waals surface area contributed by atoms with E-state index in [0.29, 0.717) is 43.0 Å². The van der Waals surface area contributed by atoms with Crippen LogP contribution in [-0.2, 0) is 11.3 Å².